The fourth-order valence-corrected chi connectivity index (χ4v) is 8.00. The molecule has 0 spiro atoms. The van der Waals surface area contributed by atoms with Crippen LogP contribution < -0.4 is 0 Å². The number of carboxylic acids is 1. The van der Waals surface area contributed by atoms with Crippen LogP contribution in [0.25, 0.3) is 0 Å². The van der Waals surface area contributed by atoms with E-state index in [0.29, 0.717) is 25.7 Å². The van der Waals surface area contributed by atoms with Crippen molar-refractivity contribution in [2.45, 2.75) is 263 Å². The molecule has 1 aliphatic rings. The zero-order valence-electron chi connectivity index (χ0n) is 44.4. The summed E-state index contributed by atoms with van der Waals surface area (Å²) in [4.78, 5) is 50.8. The standard InChI is InChI=1S/C59H98O12/c1-4-7-10-13-16-19-21-23-24-25-26-27-28-30-31-34-36-39-42-45-51(60)67-48-50(69-52(61)46-43-40-38-35-32-29-22-20-17-14-11-8-5-2)49-68-59-57(55(64)54(63)56(71-59)58(65)66)70-53(62)47-44-41-37-33-18-15-12-9-6-3/h8,11,16-17,19-20,23-24,29,32,38,40,50,54-57,59,63-64H,4-7,9-10,12-15,18,21-22,25-28,30-31,33-37,39,41-49H2,1-3H3,(H,65,66)/b11-8-,19-16-,20-17-,24-23-,32-29-,40-38-. The van der Waals surface area contributed by atoms with Gasteiger partial charge in [0.15, 0.2) is 24.6 Å². The molecule has 0 amide bonds. The van der Waals surface area contributed by atoms with Crippen molar-refractivity contribution in [1.29, 1.82) is 0 Å². The Labute approximate surface area is 429 Å². The molecule has 0 aromatic rings. The highest BCUT2D eigenvalue weighted by atomic mass is 16.7. The molecule has 0 aliphatic carbocycles. The lowest BCUT2D eigenvalue weighted by molar-refractivity contribution is -0.301. The average molecular weight is 999 g/mol. The maximum atomic E-state index is 13.0. The van der Waals surface area contributed by atoms with Crippen LogP contribution in [-0.4, -0.2) is 89.2 Å². The summed E-state index contributed by atoms with van der Waals surface area (Å²) in [7, 11) is 0. The number of allylic oxidation sites excluding steroid dienone is 12. The molecule has 12 heteroatoms. The Hall–Kier alpha value is -3.84. The van der Waals surface area contributed by atoms with Gasteiger partial charge in [0.1, 0.15) is 18.8 Å². The molecule has 1 heterocycles. The summed E-state index contributed by atoms with van der Waals surface area (Å²) in [6.45, 7) is 5.74. The molecule has 406 valence electrons. The van der Waals surface area contributed by atoms with E-state index in [9.17, 15) is 34.5 Å². The maximum absolute atomic E-state index is 13.0. The van der Waals surface area contributed by atoms with Crippen LogP contribution in [0, 0.1) is 0 Å². The van der Waals surface area contributed by atoms with Gasteiger partial charge in [0.05, 0.1) is 6.61 Å². The van der Waals surface area contributed by atoms with Crippen LogP contribution in [0.3, 0.4) is 0 Å². The highest BCUT2D eigenvalue weighted by Gasteiger charge is 2.50. The number of ether oxygens (including phenoxy) is 5. The molecule has 12 nitrogen and oxygen atoms in total. The summed E-state index contributed by atoms with van der Waals surface area (Å²) in [6.07, 6.45) is 46.3. The van der Waals surface area contributed by atoms with E-state index < -0.39 is 67.3 Å². The highest BCUT2D eigenvalue weighted by Crippen LogP contribution is 2.26. The molecule has 71 heavy (non-hydrogen) atoms. The number of aliphatic hydroxyl groups excluding tert-OH is 2. The second kappa shape index (κ2) is 47.2. The molecule has 0 radical (unpaired) electrons. The van der Waals surface area contributed by atoms with Gasteiger partial charge in [-0.15, -0.1) is 0 Å². The first kappa shape index (κ1) is 65.2. The van der Waals surface area contributed by atoms with Gasteiger partial charge in [-0.05, 0) is 77.0 Å². The van der Waals surface area contributed by atoms with Gasteiger partial charge in [0, 0.05) is 19.3 Å². The molecule has 0 aromatic carbocycles. The third-order valence-corrected chi connectivity index (χ3v) is 12.3. The molecular formula is C59H98O12. The number of hydrogen-bond acceptors (Lipinski definition) is 11. The van der Waals surface area contributed by atoms with Crippen LogP contribution in [0.4, 0.5) is 0 Å². The van der Waals surface area contributed by atoms with Crippen molar-refractivity contribution in [3.63, 3.8) is 0 Å². The van der Waals surface area contributed by atoms with Crippen molar-refractivity contribution in [3.8, 4) is 0 Å². The number of hydrogen-bond donors (Lipinski definition) is 3. The quantitative estimate of drug-likeness (QED) is 0.0228. The molecule has 0 aromatic heterocycles. The van der Waals surface area contributed by atoms with Gasteiger partial charge in [0.2, 0.25) is 0 Å². The number of carbonyl (C=O) groups is 4. The smallest absolute Gasteiger partial charge is 0.335 e. The molecule has 1 saturated heterocycles. The van der Waals surface area contributed by atoms with E-state index in [4.69, 9.17) is 23.7 Å². The molecular weight excluding hydrogens is 901 g/mol. The first-order chi connectivity index (χ1) is 34.6. The second-order valence-corrected chi connectivity index (χ2v) is 18.8. The first-order valence-electron chi connectivity index (χ1n) is 27.9. The number of aliphatic hydroxyl groups is 2. The van der Waals surface area contributed by atoms with E-state index >= 15 is 0 Å². The van der Waals surface area contributed by atoms with Crippen molar-refractivity contribution in [2.24, 2.45) is 0 Å². The Balaban J connectivity index is 2.70. The lowest BCUT2D eigenvalue weighted by Crippen LogP contribution is -2.61. The van der Waals surface area contributed by atoms with Crippen LogP contribution in [0.2, 0.25) is 0 Å². The fraction of sp³-hybridized carbons (Fsp3) is 0.729. The van der Waals surface area contributed by atoms with E-state index in [1.165, 1.54) is 83.5 Å². The van der Waals surface area contributed by atoms with Gasteiger partial charge >= 0.3 is 23.9 Å². The molecule has 1 aliphatic heterocycles. The summed E-state index contributed by atoms with van der Waals surface area (Å²) in [6, 6.07) is 0. The molecule has 3 N–H and O–H groups in total. The van der Waals surface area contributed by atoms with Gasteiger partial charge < -0.3 is 39.0 Å². The van der Waals surface area contributed by atoms with E-state index in [0.717, 1.165) is 77.0 Å². The molecule has 6 atom stereocenters. The summed E-state index contributed by atoms with van der Waals surface area (Å²) in [5.74, 6) is -3.24. The van der Waals surface area contributed by atoms with Crippen LogP contribution >= 0.6 is 0 Å². The van der Waals surface area contributed by atoms with E-state index in [1.807, 2.05) is 12.2 Å². The zero-order chi connectivity index (χ0) is 51.8. The van der Waals surface area contributed by atoms with Crippen molar-refractivity contribution >= 4 is 23.9 Å². The van der Waals surface area contributed by atoms with Crippen molar-refractivity contribution in [2.75, 3.05) is 13.2 Å². The minimum absolute atomic E-state index is 0.0401. The monoisotopic (exact) mass is 999 g/mol. The van der Waals surface area contributed by atoms with Gasteiger partial charge in [-0.25, -0.2) is 4.79 Å². The minimum atomic E-state index is -1.91. The van der Waals surface area contributed by atoms with Gasteiger partial charge in [-0.1, -0.05) is 203 Å². The van der Waals surface area contributed by atoms with Crippen molar-refractivity contribution in [3.05, 3.63) is 72.9 Å². The number of carbonyl (C=O) groups excluding carboxylic acids is 3. The molecule has 0 bridgehead atoms. The third kappa shape index (κ3) is 37.6. The summed E-state index contributed by atoms with van der Waals surface area (Å²) in [5.41, 5.74) is 0. The van der Waals surface area contributed by atoms with Gasteiger partial charge in [-0.3, -0.25) is 14.4 Å². The Morgan fingerprint density at radius 3 is 1.44 bits per heavy atom. The molecule has 6 unspecified atom stereocenters. The largest absolute Gasteiger partial charge is 0.479 e. The SMILES string of the molecule is CC/C=C\C/C=C\C/C=C\C/C=C\CCC(=O)OC(COC(=O)CCCCCCCCCCC/C=C\C/C=C\CCCCC)COC1OC(C(=O)O)C(O)C(O)C1OC(=O)CCCCCCCCCCC. The molecule has 1 rings (SSSR count). The fourth-order valence-electron chi connectivity index (χ4n) is 8.00. The predicted octanol–water partition coefficient (Wildman–Crippen LogP) is 13.8. The second-order valence-electron chi connectivity index (χ2n) is 18.8. The number of carboxylic acid groups (broad SMARTS) is 1. The van der Waals surface area contributed by atoms with Crippen molar-refractivity contribution < 1.29 is 58.2 Å². The maximum Gasteiger partial charge on any atom is 0.335 e. The lowest BCUT2D eigenvalue weighted by atomic mass is 9.98. The summed E-state index contributed by atoms with van der Waals surface area (Å²) >= 11 is 0. The number of rotatable bonds is 46. The first-order valence-corrected chi connectivity index (χ1v) is 27.9. The van der Waals surface area contributed by atoms with Gasteiger partial charge in [-0.2, -0.15) is 0 Å². The Bertz CT molecular complexity index is 1510. The third-order valence-electron chi connectivity index (χ3n) is 12.3. The zero-order valence-corrected chi connectivity index (χ0v) is 44.4. The topological polar surface area (TPSA) is 175 Å². The molecule has 0 saturated carbocycles. The van der Waals surface area contributed by atoms with E-state index in [1.54, 1.807) is 0 Å². The van der Waals surface area contributed by atoms with Crippen LogP contribution in [0.15, 0.2) is 72.9 Å². The van der Waals surface area contributed by atoms with Gasteiger partial charge in [0.25, 0.3) is 0 Å². The minimum Gasteiger partial charge on any atom is -0.479 e. The number of unbranched alkanes of at least 4 members (excludes halogenated alkanes) is 20. The Morgan fingerprint density at radius 2 is 0.915 bits per heavy atom. The lowest BCUT2D eigenvalue weighted by Gasteiger charge is -2.40. The molecule has 1 fully saturated rings. The number of esters is 3. The van der Waals surface area contributed by atoms with E-state index in [-0.39, 0.29) is 25.9 Å². The van der Waals surface area contributed by atoms with Crippen LogP contribution in [0.1, 0.15) is 226 Å². The highest BCUT2D eigenvalue weighted by molar-refractivity contribution is 5.74. The Morgan fingerprint density at radius 1 is 0.479 bits per heavy atom. The van der Waals surface area contributed by atoms with E-state index in [2.05, 4.69) is 81.5 Å². The summed E-state index contributed by atoms with van der Waals surface area (Å²) < 4.78 is 28.2. The summed E-state index contributed by atoms with van der Waals surface area (Å²) in [5, 5.41) is 31.3. The average Bonchev–Trinajstić information content (AvgIpc) is 3.35. The van der Waals surface area contributed by atoms with Crippen LogP contribution in [-0.2, 0) is 42.9 Å². The normalized spacial score (nSPS) is 19.0. The predicted molar refractivity (Wildman–Crippen MR) is 285 cm³/mol. The number of aliphatic carboxylic acids is 1. The van der Waals surface area contributed by atoms with Crippen LogP contribution in [0.5, 0.6) is 0 Å². The Kier molecular flexibility index (Phi) is 43.3. The van der Waals surface area contributed by atoms with Crippen molar-refractivity contribution in [1.82, 2.24) is 0 Å².